The second-order valence-electron chi connectivity index (χ2n) is 15.4. The van der Waals surface area contributed by atoms with E-state index in [9.17, 15) is 0 Å². The van der Waals surface area contributed by atoms with Crippen molar-refractivity contribution in [3.63, 3.8) is 0 Å². The maximum atomic E-state index is 7.30. The second kappa shape index (κ2) is 21.3. The molecule has 10 rings (SSSR count). The van der Waals surface area contributed by atoms with Gasteiger partial charge in [-0.15, -0.1) is 23.3 Å². The molecular formula is C57H46Au2P2+2. The van der Waals surface area contributed by atoms with E-state index in [0.29, 0.717) is 0 Å². The van der Waals surface area contributed by atoms with Crippen LogP contribution < -0.4 is 21.2 Å². The summed E-state index contributed by atoms with van der Waals surface area (Å²) < 4.78 is 0. The van der Waals surface area contributed by atoms with E-state index in [2.05, 4.69) is 208 Å². The maximum Gasteiger partial charge on any atom is 1.00 e. The molecule has 0 fully saturated rings. The van der Waals surface area contributed by atoms with Gasteiger partial charge in [-0.25, -0.2) is 0 Å². The fourth-order valence-electron chi connectivity index (χ4n) is 8.91. The van der Waals surface area contributed by atoms with Crippen LogP contribution in [0.3, 0.4) is 0 Å². The van der Waals surface area contributed by atoms with Crippen LogP contribution in [0.5, 0.6) is 0 Å². The van der Waals surface area contributed by atoms with Crippen molar-refractivity contribution in [2.75, 3.05) is 0 Å². The van der Waals surface area contributed by atoms with Gasteiger partial charge >= 0.3 is 44.8 Å². The molecule has 8 aromatic rings. The van der Waals surface area contributed by atoms with E-state index in [1.54, 1.807) is 0 Å². The Kier molecular flexibility index (Phi) is 16.0. The Hall–Kier alpha value is -4.78. The minimum absolute atomic E-state index is 0. The van der Waals surface area contributed by atoms with Gasteiger partial charge in [0.2, 0.25) is 0 Å². The molecule has 61 heavy (non-hydrogen) atoms. The first kappa shape index (κ1) is 45.7. The molecule has 2 aliphatic carbocycles. The average Bonchev–Trinajstić information content (AvgIpc) is 3.87. The predicted octanol–water partition coefficient (Wildman–Crippen LogP) is 11.8. The first-order valence-electron chi connectivity index (χ1n) is 20.2. The summed E-state index contributed by atoms with van der Waals surface area (Å²) in [6.45, 7) is 5.02. The Balaban J connectivity index is 0.000000164. The molecule has 0 saturated heterocycles. The summed E-state index contributed by atoms with van der Waals surface area (Å²) >= 11 is 0. The summed E-state index contributed by atoms with van der Waals surface area (Å²) in [6, 6.07) is 73.7. The fourth-order valence-corrected chi connectivity index (χ4v) is 17.3. The molecule has 0 aromatic heterocycles. The predicted molar refractivity (Wildman–Crippen MR) is 257 cm³/mol. The fraction of sp³-hybridized carbons (Fsp3) is 0.0877. The van der Waals surface area contributed by atoms with Crippen molar-refractivity contribution in [1.82, 2.24) is 0 Å². The van der Waals surface area contributed by atoms with Crippen LogP contribution in [0.15, 0.2) is 206 Å². The minimum atomic E-state index is -1.02. The van der Waals surface area contributed by atoms with E-state index in [1.807, 2.05) is 24.3 Å². The van der Waals surface area contributed by atoms with Crippen LogP contribution in [0, 0.1) is 24.7 Å². The third-order valence-corrected chi connectivity index (χ3v) is 19.0. The number of hydrogen-bond acceptors (Lipinski definition) is 0. The maximum absolute atomic E-state index is 7.30. The van der Waals surface area contributed by atoms with Crippen molar-refractivity contribution < 1.29 is 44.8 Å². The van der Waals surface area contributed by atoms with Crippen LogP contribution in [0.25, 0.3) is 22.3 Å². The Morgan fingerprint density at radius 2 is 0.639 bits per heavy atom. The van der Waals surface area contributed by atoms with Crippen LogP contribution in [0.4, 0.5) is 0 Å². The Morgan fingerprint density at radius 1 is 0.361 bits per heavy atom. The minimum Gasteiger partial charge on any atom is -0.366 e. The first-order valence-corrected chi connectivity index (χ1v) is 23.2. The largest absolute Gasteiger partial charge is 1.00 e. The van der Waals surface area contributed by atoms with Gasteiger partial charge in [-0.2, -0.15) is 0 Å². The van der Waals surface area contributed by atoms with Crippen molar-refractivity contribution in [2.45, 2.75) is 31.6 Å². The van der Waals surface area contributed by atoms with Gasteiger partial charge in [0.15, 0.2) is 4.90 Å². The van der Waals surface area contributed by atoms with Gasteiger partial charge in [-0.1, -0.05) is 168 Å². The zero-order chi connectivity index (χ0) is 40.6. The van der Waals surface area contributed by atoms with Crippen LogP contribution >= 0.6 is 15.8 Å². The zero-order valence-electron chi connectivity index (χ0n) is 34.1. The van der Waals surface area contributed by atoms with Gasteiger partial charge in [0, 0.05) is 13.8 Å². The van der Waals surface area contributed by atoms with Crippen LogP contribution in [-0.2, 0) is 57.6 Å². The number of benzene rings is 8. The number of fused-ring (bicyclic) bond motifs is 6. The molecule has 0 atom stereocenters. The molecule has 0 nitrogen and oxygen atoms in total. The summed E-state index contributed by atoms with van der Waals surface area (Å²) in [4.78, 5) is 0.154. The quantitative estimate of drug-likeness (QED) is 0.0674. The van der Waals surface area contributed by atoms with Gasteiger partial charge in [0.25, 0.3) is 0 Å². The van der Waals surface area contributed by atoms with Gasteiger partial charge in [0.05, 0.1) is 0 Å². The van der Waals surface area contributed by atoms with E-state index in [-0.39, 0.29) is 49.7 Å². The van der Waals surface area contributed by atoms with Crippen molar-refractivity contribution in [3.05, 3.63) is 252 Å². The van der Waals surface area contributed by atoms with Gasteiger partial charge in [-0.3, -0.25) is 11.8 Å². The summed E-state index contributed by atoms with van der Waals surface area (Å²) in [5.74, 6) is 5.04. The topological polar surface area (TPSA) is 0 Å². The van der Waals surface area contributed by atoms with Gasteiger partial charge in [0.1, 0.15) is 37.1 Å². The molecule has 0 radical (unpaired) electrons. The third-order valence-electron chi connectivity index (χ3n) is 11.4. The molecule has 0 bridgehead atoms. The summed E-state index contributed by atoms with van der Waals surface area (Å²) in [7, 11) is -2.05. The van der Waals surface area contributed by atoms with Crippen LogP contribution in [0.2, 0.25) is 0 Å². The summed E-state index contributed by atoms with van der Waals surface area (Å²) in [5.41, 5.74) is 12.1. The standard InChI is InChI=1S/C27H26P2.2C15H9.2Au/c1-27(2,28(23-15-7-3-8-16-23)24-17-9-4-10-18-24)29(25-19-11-5-12-20-25)26-21-13-6-14-22-26;2*1-2-11-7-5-8-13-10-12-6-3-4-9-14(12)15(11)13;;/h3-22H,1-2H3;2*3-9H,10H2;;/q;2*-1;2*+1/p+2. The number of hydrogen-bond donors (Lipinski definition) is 0. The number of rotatable bonds is 6. The molecule has 8 aromatic carbocycles. The van der Waals surface area contributed by atoms with Crippen LogP contribution in [-0.4, -0.2) is 4.90 Å². The molecule has 0 aliphatic heterocycles. The molecule has 0 amide bonds. The van der Waals surface area contributed by atoms with Crippen molar-refractivity contribution in [2.24, 2.45) is 0 Å². The molecule has 0 unspecified atom stereocenters. The first-order chi connectivity index (χ1) is 29.0. The SMILES string of the molecule is CC(C)([PH+](c1ccccc1)c1ccccc1)[PH+](c1ccccc1)c1ccccc1.[Au+].[Au+].[C-]#Cc1cccc2c1-c1ccccc1C2.[C-]#Cc1cccc2c1-c1ccccc1C2. The molecule has 0 heterocycles. The monoisotopic (exact) mass is 1190 g/mol. The molecular weight excluding hydrogens is 1140 g/mol. The molecule has 0 spiro atoms. The van der Waals surface area contributed by atoms with E-state index in [4.69, 9.17) is 12.8 Å². The smallest absolute Gasteiger partial charge is 0.366 e. The second-order valence-corrected chi connectivity index (χ2v) is 22.2. The van der Waals surface area contributed by atoms with Crippen LogP contribution in [0.1, 0.15) is 47.2 Å². The van der Waals surface area contributed by atoms with E-state index < -0.39 is 15.8 Å². The molecule has 304 valence electrons. The van der Waals surface area contributed by atoms with Crippen molar-refractivity contribution in [1.29, 1.82) is 0 Å². The van der Waals surface area contributed by atoms with Gasteiger partial charge in [-0.05, 0) is 83.6 Å². The van der Waals surface area contributed by atoms with Gasteiger partial charge < -0.3 is 12.8 Å². The Labute approximate surface area is 396 Å². The summed E-state index contributed by atoms with van der Waals surface area (Å²) in [6.07, 6.45) is 16.6. The molecule has 4 heteroatoms. The zero-order valence-corrected chi connectivity index (χ0v) is 40.5. The average molecular weight is 1190 g/mol. The summed E-state index contributed by atoms with van der Waals surface area (Å²) in [5, 5.41) is 5.96. The van der Waals surface area contributed by atoms with Crippen molar-refractivity contribution >= 4 is 37.1 Å². The Bertz CT molecular complexity index is 2500. The van der Waals surface area contributed by atoms with E-state index in [1.165, 1.54) is 65.7 Å². The third kappa shape index (κ3) is 9.97. The van der Waals surface area contributed by atoms with E-state index in [0.717, 1.165) is 24.0 Å². The molecule has 2 aliphatic rings. The molecule has 0 N–H and O–H groups in total. The van der Waals surface area contributed by atoms with E-state index >= 15 is 0 Å². The molecule has 0 saturated carbocycles. The normalized spacial score (nSPS) is 11.3. The van der Waals surface area contributed by atoms with Crippen molar-refractivity contribution in [3.8, 4) is 34.1 Å². The Morgan fingerprint density at radius 3 is 0.951 bits per heavy atom.